The molecule has 24 heavy (non-hydrogen) atoms. The number of nitrogens with zero attached hydrogens (tertiary/aromatic N) is 2. The second kappa shape index (κ2) is 5.87. The molecule has 0 saturated heterocycles. The normalized spacial score (nSPS) is 15.2. The summed E-state index contributed by atoms with van der Waals surface area (Å²) in [5, 5.41) is 8.53. The van der Waals surface area contributed by atoms with Gasteiger partial charge >= 0.3 is 5.97 Å². The molecule has 0 bridgehead atoms. The summed E-state index contributed by atoms with van der Waals surface area (Å²) in [6.07, 6.45) is 1.41. The van der Waals surface area contributed by atoms with Gasteiger partial charge < -0.3 is 9.52 Å². The number of aromatic nitrogens is 2. The molecule has 0 unspecified atom stereocenters. The molecule has 3 heterocycles. The van der Waals surface area contributed by atoms with Crippen molar-refractivity contribution >= 4 is 15.8 Å². The predicted molar refractivity (Wildman–Crippen MR) is 81.5 cm³/mol. The quantitative estimate of drug-likeness (QED) is 0.735. The Labute approximate surface area is 136 Å². The highest BCUT2D eigenvalue weighted by Crippen LogP contribution is 2.18. The van der Waals surface area contributed by atoms with Gasteiger partial charge in [-0.1, -0.05) is 0 Å². The lowest BCUT2D eigenvalue weighted by atomic mass is 10.1. The molecule has 0 atom stereocenters. The average Bonchev–Trinajstić information content (AvgIpc) is 2.95. The van der Waals surface area contributed by atoms with E-state index in [0.717, 1.165) is 6.26 Å². The summed E-state index contributed by atoms with van der Waals surface area (Å²) in [6, 6.07) is 2.95. The monoisotopic (exact) mass is 353 g/mol. The van der Waals surface area contributed by atoms with E-state index in [0.29, 0.717) is 36.5 Å². The molecule has 0 aromatic carbocycles. The van der Waals surface area contributed by atoms with Gasteiger partial charge in [-0.05, 0) is 12.1 Å². The Balaban J connectivity index is 1.81. The van der Waals surface area contributed by atoms with Crippen LogP contribution in [-0.2, 0) is 29.3 Å². The molecule has 2 N–H and O–H groups in total. The lowest BCUT2D eigenvalue weighted by Crippen LogP contribution is -2.36. The van der Waals surface area contributed by atoms with Crippen LogP contribution in [0.4, 0.5) is 0 Å². The SMILES string of the molecule is CS(=O)(=O)c1nc2c(c(=O)[nH]1)CN(Cc1ccc(C(=O)O)o1)CC2. The van der Waals surface area contributed by atoms with Crippen LogP contribution in [-0.4, -0.2) is 47.2 Å². The topological polar surface area (TPSA) is 134 Å². The highest BCUT2D eigenvalue weighted by molar-refractivity contribution is 7.90. The number of furan rings is 1. The smallest absolute Gasteiger partial charge is 0.371 e. The van der Waals surface area contributed by atoms with E-state index in [1.807, 2.05) is 4.90 Å². The first-order valence-corrected chi connectivity index (χ1v) is 8.99. The van der Waals surface area contributed by atoms with Crippen LogP contribution >= 0.6 is 0 Å². The first kappa shape index (κ1) is 16.4. The van der Waals surface area contributed by atoms with Crippen LogP contribution in [0.25, 0.3) is 0 Å². The van der Waals surface area contributed by atoms with Crippen molar-refractivity contribution < 1.29 is 22.7 Å². The van der Waals surface area contributed by atoms with Crippen molar-refractivity contribution in [2.45, 2.75) is 24.7 Å². The fourth-order valence-corrected chi connectivity index (χ4v) is 3.12. The minimum Gasteiger partial charge on any atom is -0.475 e. The molecule has 0 aliphatic carbocycles. The van der Waals surface area contributed by atoms with Crippen LogP contribution in [0.5, 0.6) is 0 Å². The fraction of sp³-hybridized carbons (Fsp3) is 0.357. The summed E-state index contributed by atoms with van der Waals surface area (Å²) < 4.78 is 28.3. The van der Waals surface area contributed by atoms with Crippen molar-refractivity contribution in [3.05, 3.63) is 45.3 Å². The molecule has 0 saturated carbocycles. The van der Waals surface area contributed by atoms with Crippen LogP contribution in [0.15, 0.2) is 26.5 Å². The molecular formula is C14H15N3O6S. The molecule has 1 aliphatic heterocycles. The number of carboxylic acids is 1. The van der Waals surface area contributed by atoms with Gasteiger partial charge in [0, 0.05) is 25.8 Å². The third-order valence-corrected chi connectivity index (χ3v) is 4.62. The van der Waals surface area contributed by atoms with E-state index >= 15 is 0 Å². The van der Waals surface area contributed by atoms with Gasteiger partial charge in [-0.3, -0.25) is 14.7 Å². The van der Waals surface area contributed by atoms with Gasteiger partial charge in [-0.15, -0.1) is 0 Å². The highest BCUT2D eigenvalue weighted by atomic mass is 32.2. The van der Waals surface area contributed by atoms with Crippen LogP contribution in [0.1, 0.15) is 27.6 Å². The Morgan fingerprint density at radius 1 is 1.46 bits per heavy atom. The van der Waals surface area contributed by atoms with Crippen molar-refractivity contribution in [3.63, 3.8) is 0 Å². The number of aromatic amines is 1. The molecule has 0 spiro atoms. The number of hydrogen-bond donors (Lipinski definition) is 2. The van der Waals surface area contributed by atoms with Crippen molar-refractivity contribution in [1.82, 2.24) is 14.9 Å². The van der Waals surface area contributed by atoms with E-state index in [2.05, 4.69) is 9.97 Å². The number of rotatable bonds is 4. The van der Waals surface area contributed by atoms with Gasteiger partial charge in [-0.25, -0.2) is 18.2 Å². The number of H-pyrrole nitrogens is 1. The standard InChI is InChI=1S/C14H15N3O6S/c1-24(21,22)14-15-10-4-5-17(7-9(10)12(18)16-14)6-8-2-3-11(23-8)13(19)20/h2-3H,4-7H2,1H3,(H,19,20)(H,15,16,18). The summed E-state index contributed by atoms with van der Waals surface area (Å²) in [5.41, 5.74) is 0.413. The molecule has 10 heteroatoms. The lowest BCUT2D eigenvalue weighted by molar-refractivity contribution is 0.0658. The number of hydrogen-bond acceptors (Lipinski definition) is 7. The van der Waals surface area contributed by atoms with E-state index in [1.165, 1.54) is 6.07 Å². The van der Waals surface area contributed by atoms with E-state index in [4.69, 9.17) is 9.52 Å². The second-order valence-corrected chi connectivity index (χ2v) is 7.53. The Morgan fingerprint density at radius 3 is 2.83 bits per heavy atom. The maximum atomic E-state index is 12.1. The number of sulfone groups is 1. The maximum absolute atomic E-state index is 12.1. The largest absolute Gasteiger partial charge is 0.475 e. The number of fused-ring (bicyclic) bond motifs is 1. The van der Waals surface area contributed by atoms with Crippen LogP contribution in [0.3, 0.4) is 0 Å². The van der Waals surface area contributed by atoms with E-state index in [1.54, 1.807) is 6.07 Å². The Hall–Kier alpha value is -2.46. The zero-order valence-electron chi connectivity index (χ0n) is 12.8. The molecule has 2 aromatic rings. The van der Waals surface area contributed by atoms with Crippen LogP contribution in [0, 0.1) is 0 Å². The molecule has 128 valence electrons. The van der Waals surface area contributed by atoms with Crippen molar-refractivity contribution in [2.75, 3.05) is 12.8 Å². The zero-order chi connectivity index (χ0) is 17.5. The van der Waals surface area contributed by atoms with Gasteiger partial charge in [0.15, 0.2) is 0 Å². The number of aromatic carboxylic acids is 1. The Kier molecular flexibility index (Phi) is 4.01. The maximum Gasteiger partial charge on any atom is 0.371 e. The minimum absolute atomic E-state index is 0.139. The first-order valence-electron chi connectivity index (χ1n) is 7.10. The summed E-state index contributed by atoms with van der Waals surface area (Å²) in [4.78, 5) is 31.2. The van der Waals surface area contributed by atoms with E-state index < -0.39 is 21.4 Å². The second-order valence-electron chi connectivity index (χ2n) is 5.60. The predicted octanol–water partition coefficient (Wildman–Crippen LogP) is 0.0229. The molecule has 0 fully saturated rings. The highest BCUT2D eigenvalue weighted by Gasteiger charge is 2.24. The van der Waals surface area contributed by atoms with Gasteiger partial charge in [0.05, 0.1) is 17.8 Å². The third-order valence-electron chi connectivity index (χ3n) is 3.73. The molecule has 3 rings (SSSR count). The first-order chi connectivity index (χ1) is 11.2. The number of carboxylic acid groups (broad SMARTS) is 1. The Morgan fingerprint density at radius 2 is 2.21 bits per heavy atom. The molecule has 0 amide bonds. The summed E-state index contributed by atoms with van der Waals surface area (Å²) in [7, 11) is -3.58. The third kappa shape index (κ3) is 3.24. The summed E-state index contributed by atoms with van der Waals surface area (Å²) in [6.45, 7) is 1.18. The van der Waals surface area contributed by atoms with Gasteiger partial charge in [0.1, 0.15) is 5.76 Å². The molecule has 0 radical (unpaired) electrons. The van der Waals surface area contributed by atoms with Crippen molar-refractivity contribution in [3.8, 4) is 0 Å². The van der Waals surface area contributed by atoms with E-state index in [9.17, 15) is 18.0 Å². The lowest BCUT2D eigenvalue weighted by Gasteiger charge is -2.26. The number of nitrogens with one attached hydrogen (secondary N) is 1. The van der Waals surface area contributed by atoms with E-state index in [-0.39, 0.29) is 17.5 Å². The fourth-order valence-electron chi connectivity index (χ4n) is 2.57. The Bertz CT molecular complexity index is 959. The average molecular weight is 353 g/mol. The molecule has 9 nitrogen and oxygen atoms in total. The summed E-state index contributed by atoms with van der Waals surface area (Å²) >= 11 is 0. The summed E-state index contributed by atoms with van der Waals surface area (Å²) in [5.74, 6) is -0.799. The molecular weight excluding hydrogens is 338 g/mol. The van der Waals surface area contributed by atoms with Crippen LogP contribution in [0.2, 0.25) is 0 Å². The molecule has 2 aromatic heterocycles. The zero-order valence-corrected chi connectivity index (χ0v) is 13.6. The number of carbonyl (C=O) groups is 1. The van der Waals surface area contributed by atoms with Gasteiger partial charge in [0.25, 0.3) is 5.56 Å². The molecule has 1 aliphatic rings. The van der Waals surface area contributed by atoms with Gasteiger partial charge in [-0.2, -0.15) is 0 Å². The van der Waals surface area contributed by atoms with Crippen molar-refractivity contribution in [2.24, 2.45) is 0 Å². The van der Waals surface area contributed by atoms with Crippen molar-refractivity contribution in [1.29, 1.82) is 0 Å². The minimum atomic E-state index is -3.58. The van der Waals surface area contributed by atoms with Crippen LogP contribution < -0.4 is 5.56 Å². The van der Waals surface area contributed by atoms with Gasteiger partial charge in [0.2, 0.25) is 20.8 Å².